The van der Waals surface area contributed by atoms with Crippen molar-refractivity contribution in [3.05, 3.63) is 96.1 Å². The molecular weight excluding hydrogens is 436 g/mol. The van der Waals surface area contributed by atoms with Crippen LogP contribution in [0.15, 0.2) is 84.9 Å². The molecule has 6 nitrogen and oxygen atoms in total. The van der Waals surface area contributed by atoms with E-state index in [1.807, 2.05) is 78.9 Å². The van der Waals surface area contributed by atoms with Gasteiger partial charge in [-0.2, -0.15) is 0 Å². The van der Waals surface area contributed by atoms with Crippen LogP contribution in [-0.2, 0) is 27.4 Å². The van der Waals surface area contributed by atoms with E-state index >= 15 is 0 Å². The minimum atomic E-state index is -0.414. The standard InChI is InChI=1S/C26H26N2O4S/c29-24(14-15-25(30)31-17-16-20-8-3-1-4-9-20)28-26(33)27-22-12-7-13-23(18-22)32-19-21-10-5-2-6-11-21/h1-13,18H,14-17,19H2,(H2,27,28,29,33). The van der Waals surface area contributed by atoms with Crippen LogP contribution in [0.5, 0.6) is 5.75 Å². The van der Waals surface area contributed by atoms with Gasteiger partial charge in [0.2, 0.25) is 5.91 Å². The highest BCUT2D eigenvalue weighted by Gasteiger charge is 2.10. The molecule has 0 spiro atoms. The van der Waals surface area contributed by atoms with Crippen molar-refractivity contribution in [2.24, 2.45) is 0 Å². The van der Waals surface area contributed by atoms with Gasteiger partial charge in [-0.1, -0.05) is 66.7 Å². The lowest BCUT2D eigenvalue weighted by molar-refractivity contribution is -0.144. The molecule has 0 fully saturated rings. The second kappa shape index (κ2) is 13.0. The number of thiocarbonyl (C=S) groups is 1. The van der Waals surface area contributed by atoms with Gasteiger partial charge in [0.25, 0.3) is 0 Å². The van der Waals surface area contributed by atoms with E-state index in [0.29, 0.717) is 24.5 Å². The molecule has 3 aromatic rings. The number of carbonyl (C=O) groups is 2. The summed E-state index contributed by atoms with van der Waals surface area (Å²) in [6.45, 7) is 0.736. The predicted molar refractivity (Wildman–Crippen MR) is 132 cm³/mol. The smallest absolute Gasteiger partial charge is 0.306 e. The second-order valence-corrected chi connectivity index (χ2v) is 7.67. The van der Waals surface area contributed by atoms with Crippen molar-refractivity contribution >= 4 is 34.9 Å². The number of benzene rings is 3. The lowest BCUT2D eigenvalue weighted by Gasteiger charge is -2.11. The fourth-order valence-electron chi connectivity index (χ4n) is 2.97. The van der Waals surface area contributed by atoms with Gasteiger partial charge in [0, 0.05) is 24.6 Å². The Balaban J connectivity index is 1.35. The lowest BCUT2D eigenvalue weighted by Crippen LogP contribution is -2.34. The zero-order chi connectivity index (χ0) is 23.3. The van der Waals surface area contributed by atoms with Gasteiger partial charge in [-0.15, -0.1) is 0 Å². The van der Waals surface area contributed by atoms with Crippen molar-refractivity contribution < 1.29 is 19.1 Å². The summed E-state index contributed by atoms with van der Waals surface area (Å²) in [5.41, 5.74) is 2.84. The molecule has 0 aliphatic carbocycles. The number of ether oxygens (including phenoxy) is 2. The first-order valence-electron chi connectivity index (χ1n) is 10.7. The number of nitrogens with one attached hydrogen (secondary N) is 2. The molecule has 33 heavy (non-hydrogen) atoms. The van der Waals surface area contributed by atoms with E-state index < -0.39 is 5.97 Å². The summed E-state index contributed by atoms with van der Waals surface area (Å²) in [5, 5.41) is 5.68. The average molecular weight is 463 g/mol. The van der Waals surface area contributed by atoms with Crippen LogP contribution in [0.25, 0.3) is 0 Å². The molecule has 0 unspecified atom stereocenters. The molecule has 0 bridgehead atoms. The second-order valence-electron chi connectivity index (χ2n) is 7.26. The van der Waals surface area contributed by atoms with Gasteiger partial charge < -0.3 is 20.1 Å². The summed E-state index contributed by atoms with van der Waals surface area (Å²) in [4.78, 5) is 24.0. The van der Waals surface area contributed by atoms with Gasteiger partial charge in [-0.25, -0.2) is 0 Å². The number of hydrogen-bond acceptors (Lipinski definition) is 5. The fourth-order valence-corrected chi connectivity index (χ4v) is 3.20. The molecule has 7 heteroatoms. The number of anilines is 1. The summed E-state index contributed by atoms with van der Waals surface area (Å²) in [6.07, 6.45) is 0.624. The van der Waals surface area contributed by atoms with Gasteiger partial charge in [-0.3, -0.25) is 9.59 Å². The maximum atomic E-state index is 12.1. The Morgan fingerprint density at radius 1 is 0.818 bits per heavy atom. The van der Waals surface area contributed by atoms with Gasteiger partial charge in [0.1, 0.15) is 12.4 Å². The van der Waals surface area contributed by atoms with E-state index in [9.17, 15) is 9.59 Å². The molecule has 0 aliphatic rings. The SMILES string of the molecule is O=C(CCC(=O)OCCc1ccccc1)NC(=S)Nc1cccc(OCc2ccccc2)c1. The third-order valence-electron chi connectivity index (χ3n) is 4.65. The molecule has 0 atom stereocenters. The van der Waals surface area contributed by atoms with E-state index in [2.05, 4.69) is 10.6 Å². The Morgan fingerprint density at radius 2 is 1.52 bits per heavy atom. The molecule has 170 valence electrons. The molecule has 3 aromatic carbocycles. The number of carbonyl (C=O) groups excluding carboxylic acids is 2. The predicted octanol–water partition coefficient (Wildman–Crippen LogP) is 4.64. The lowest BCUT2D eigenvalue weighted by atomic mass is 10.2. The fraction of sp³-hybridized carbons (Fsp3) is 0.192. The van der Waals surface area contributed by atoms with Gasteiger partial charge in [-0.05, 0) is 35.5 Å². The molecule has 0 aromatic heterocycles. The first-order chi connectivity index (χ1) is 16.1. The van der Waals surface area contributed by atoms with Crippen molar-refractivity contribution in [3.63, 3.8) is 0 Å². The summed E-state index contributed by atoms with van der Waals surface area (Å²) >= 11 is 5.20. The van der Waals surface area contributed by atoms with E-state index in [1.165, 1.54) is 0 Å². The molecule has 0 saturated heterocycles. The zero-order valence-electron chi connectivity index (χ0n) is 18.2. The average Bonchev–Trinajstić information content (AvgIpc) is 2.83. The molecule has 0 saturated carbocycles. The molecule has 0 heterocycles. The highest BCUT2D eigenvalue weighted by molar-refractivity contribution is 7.80. The highest BCUT2D eigenvalue weighted by atomic mass is 32.1. The third kappa shape index (κ3) is 9.13. The Morgan fingerprint density at radius 3 is 2.24 bits per heavy atom. The Bertz CT molecular complexity index is 1060. The molecule has 3 rings (SSSR count). The Labute approximate surface area is 198 Å². The number of amides is 1. The third-order valence-corrected chi connectivity index (χ3v) is 4.85. The first-order valence-corrected chi connectivity index (χ1v) is 11.1. The summed E-state index contributed by atoms with van der Waals surface area (Å²) in [7, 11) is 0. The number of hydrogen-bond donors (Lipinski definition) is 2. The molecule has 1 amide bonds. The van der Waals surface area contributed by atoms with Crippen molar-refractivity contribution in [3.8, 4) is 5.75 Å². The Hall–Kier alpha value is -3.71. The van der Waals surface area contributed by atoms with Crippen LogP contribution in [0.1, 0.15) is 24.0 Å². The van der Waals surface area contributed by atoms with E-state index in [4.69, 9.17) is 21.7 Å². The normalized spacial score (nSPS) is 10.2. The minimum Gasteiger partial charge on any atom is -0.489 e. The molecule has 0 radical (unpaired) electrons. The van der Waals surface area contributed by atoms with Crippen molar-refractivity contribution in [2.45, 2.75) is 25.9 Å². The van der Waals surface area contributed by atoms with Crippen molar-refractivity contribution in [2.75, 3.05) is 11.9 Å². The van der Waals surface area contributed by atoms with Crippen LogP contribution < -0.4 is 15.4 Å². The minimum absolute atomic E-state index is 0.00772. The highest BCUT2D eigenvalue weighted by Crippen LogP contribution is 2.18. The molecule has 2 N–H and O–H groups in total. The van der Waals surface area contributed by atoms with Crippen LogP contribution in [0, 0.1) is 0 Å². The van der Waals surface area contributed by atoms with Gasteiger partial charge in [0.15, 0.2) is 5.11 Å². The topological polar surface area (TPSA) is 76.7 Å². The quantitative estimate of drug-likeness (QED) is 0.338. The number of esters is 1. The molecular formula is C26H26N2O4S. The maximum Gasteiger partial charge on any atom is 0.306 e. The summed E-state index contributed by atoms with van der Waals surface area (Å²) < 4.78 is 11.0. The largest absolute Gasteiger partial charge is 0.489 e. The summed E-state index contributed by atoms with van der Waals surface area (Å²) in [5.74, 6) is -0.0940. The van der Waals surface area contributed by atoms with Crippen LogP contribution in [-0.4, -0.2) is 23.6 Å². The van der Waals surface area contributed by atoms with Crippen LogP contribution in [0.2, 0.25) is 0 Å². The van der Waals surface area contributed by atoms with Gasteiger partial charge in [0.05, 0.1) is 13.0 Å². The Kier molecular flexibility index (Phi) is 9.42. The van der Waals surface area contributed by atoms with Crippen molar-refractivity contribution in [1.29, 1.82) is 0 Å². The van der Waals surface area contributed by atoms with Gasteiger partial charge >= 0.3 is 5.97 Å². The maximum absolute atomic E-state index is 12.1. The monoisotopic (exact) mass is 462 g/mol. The van der Waals surface area contributed by atoms with Crippen LogP contribution in [0.3, 0.4) is 0 Å². The van der Waals surface area contributed by atoms with Crippen LogP contribution >= 0.6 is 12.2 Å². The first kappa shape index (κ1) is 23.9. The van der Waals surface area contributed by atoms with Crippen molar-refractivity contribution in [1.82, 2.24) is 5.32 Å². The van der Waals surface area contributed by atoms with E-state index in [-0.39, 0.29) is 30.5 Å². The van der Waals surface area contributed by atoms with Crippen LogP contribution in [0.4, 0.5) is 5.69 Å². The zero-order valence-corrected chi connectivity index (χ0v) is 19.0. The van der Waals surface area contributed by atoms with E-state index in [0.717, 1.165) is 11.1 Å². The summed E-state index contributed by atoms with van der Waals surface area (Å²) in [6, 6.07) is 26.9. The number of rotatable bonds is 10. The molecule has 0 aliphatic heterocycles. The van der Waals surface area contributed by atoms with E-state index in [1.54, 1.807) is 6.07 Å².